The van der Waals surface area contributed by atoms with Crippen LogP contribution in [0.25, 0.3) is 0 Å². The Bertz CT molecular complexity index is 55.1. The standard InChI is InChI=1S/C5H10O.Li.H/c1-5(6)3-2-4-5;;/h6H,2-4H2,1H3;;. The van der Waals surface area contributed by atoms with Gasteiger partial charge >= 0.3 is 18.9 Å². The van der Waals surface area contributed by atoms with E-state index >= 15 is 0 Å². The summed E-state index contributed by atoms with van der Waals surface area (Å²) < 4.78 is 0. The molecule has 2 heteroatoms. The molecule has 0 aromatic heterocycles. The molecule has 1 rings (SSSR count). The Morgan fingerprint density at radius 3 is 1.71 bits per heavy atom. The zero-order chi connectivity index (χ0) is 4.62. The molecule has 0 radical (unpaired) electrons. The van der Waals surface area contributed by atoms with Gasteiger partial charge < -0.3 is 5.11 Å². The van der Waals surface area contributed by atoms with Crippen LogP contribution in [-0.2, 0) is 0 Å². The van der Waals surface area contributed by atoms with Crippen LogP contribution in [0.5, 0.6) is 0 Å². The average molecular weight is 94.1 g/mol. The van der Waals surface area contributed by atoms with Crippen LogP contribution in [0.4, 0.5) is 0 Å². The summed E-state index contributed by atoms with van der Waals surface area (Å²) in [6.45, 7) is 1.89. The molecule has 1 N–H and O–H groups in total. The molecule has 0 aromatic carbocycles. The third-order valence-corrected chi connectivity index (χ3v) is 1.43. The van der Waals surface area contributed by atoms with Crippen molar-refractivity contribution in [2.24, 2.45) is 0 Å². The van der Waals surface area contributed by atoms with Crippen molar-refractivity contribution in [2.45, 2.75) is 31.8 Å². The van der Waals surface area contributed by atoms with Gasteiger partial charge in [0.25, 0.3) is 0 Å². The van der Waals surface area contributed by atoms with Gasteiger partial charge in [0.15, 0.2) is 0 Å². The fourth-order valence-corrected chi connectivity index (χ4v) is 0.688. The SMILES string of the molecule is CC1(O)CCC1.[LiH]. The topological polar surface area (TPSA) is 20.2 Å². The van der Waals surface area contributed by atoms with Crippen LogP contribution in [0.2, 0.25) is 0 Å². The Morgan fingerprint density at radius 1 is 1.43 bits per heavy atom. The van der Waals surface area contributed by atoms with Crippen LogP contribution in [0.15, 0.2) is 0 Å². The molecule has 0 heterocycles. The van der Waals surface area contributed by atoms with Crippen molar-refractivity contribution in [2.75, 3.05) is 0 Å². The van der Waals surface area contributed by atoms with Crippen LogP contribution < -0.4 is 0 Å². The first kappa shape index (κ1) is 7.56. The molecule has 0 aliphatic heterocycles. The second kappa shape index (κ2) is 2.22. The van der Waals surface area contributed by atoms with Gasteiger partial charge in [-0.3, -0.25) is 0 Å². The van der Waals surface area contributed by atoms with Gasteiger partial charge in [-0.25, -0.2) is 0 Å². The zero-order valence-corrected chi connectivity index (χ0v) is 4.07. The molecule has 1 aliphatic carbocycles. The van der Waals surface area contributed by atoms with Gasteiger partial charge in [-0.15, -0.1) is 0 Å². The normalized spacial score (nSPS) is 24.9. The molecule has 1 fully saturated rings. The summed E-state index contributed by atoms with van der Waals surface area (Å²) in [5.41, 5.74) is -0.278. The number of hydrogen-bond acceptors (Lipinski definition) is 1. The predicted molar refractivity (Wildman–Crippen MR) is 31.6 cm³/mol. The average Bonchev–Trinajstić information content (AvgIpc) is 1.32. The number of aliphatic hydroxyl groups is 1. The maximum absolute atomic E-state index is 8.91. The molecule has 0 aromatic rings. The van der Waals surface area contributed by atoms with E-state index in [1.54, 1.807) is 0 Å². The minimum absolute atomic E-state index is 0. The first-order chi connectivity index (χ1) is 2.71. The molecule has 0 unspecified atom stereocenters. The maximum atomic E-state index is 8.91. The predicted octanol–water partition coefficient (Wildman–Crippen LogP) is 0.273. The van der Waals surface area contributed by atoms with Gasteiger partial charge in [-0.2, -0.15) is 0 Å². The van der Waals surface area contributed by atoms with E-state index < -0.39 is 0 Å². The summed E-state index contributed by atoms with van der Waals surface area (Å²) >= 11 is 0. The summed E-state index contributed by atoms with van der Waals surface area (Å²) in [5, 5.41) is 8.91. The van der Waals surface area contributed by atoms with Gasteiger partial charge in [0.2, 0.25) is 0 Å². The van der Waals surface area contributed by atoms with Crippen molar-refractivity contribution in [3.05, 3.63) is 0 Å². The summed E-state index contributed by atoms with van der Waals surface area (Å²) in [6, 6.07) is 0. The Hall–Kier alpha value is 0.557. The Balaban J connectivity index is 0.000000360. The molecule has 0 amide bonds. The second-order valence-electron chi connectivity index (χ2n) is 2.35. The number of hydrogen-bond donors (Lipinski definition) is 1. The van der Waals surface area contributed by atoms with E-state index in [0.717, 1.165) is 12.8 Å². The van der Waals surface area contributed by atoms with Crippen molar-refractivity contribution in [3.8, 4) is 0 Å². The van der Waals surface area contributed by atoms with Crippen molar-refractivity contribution in [3.63, 3.8) is 0 Å². The van der Waals surface area contributed by atoms with Crippen molar-refractivity contribution < 1.29 is 5.11 Å². The molecule has 38 valence electrons. The molecule has 1 aliphatic rings. The summed E-state index contributed by atoms with van der Waals surface area (Å²) in [4.78, 5) is 0. The fraction of sp³-hybridized carbons (Fsp3) is 1.00. The van der Waals surface area contributed by atoms with E-state index in [1.165, 1.54) is 6.42 Å². The molecular weight excluding hydrogens is 83.0 g/mol. The second-order valence-corrected chi connectivity index (χ2v) is 2.35. The fourth-order valence-electron chi connectivity index (χ4n) is 0.688. The van der Waals surface area contributed by atoms with Gasteiger partial charge in [0.05, 0.1) is 5.60 Å². The van der Waals surface area contributed by atoms with E-state index in [4.69, 9.17) is 5.11 Å². The van der Waals surface area contributed by atoms with Gasteiger partial charge in [-0.05, 0) is 26.2 Å². The Labute approximate surface area is 56.3 Å². The van der Waals surface area contributed by atoms with E-state index in [1.807, 2.05) is 6.92 Å². The van der Waals surface area contributed by atoms with Crippen LogP contribution in [0, 0.1) is 0 Å². The van der Waals surface area contributed by atoms with Crippen LogP contribution in [0.3, 0.4) is 0 Å². The molecule has 1 saturated carbocycles. The Kier molecular flexibility index (Phi) is 2.39. The molecule has 0 atom stereocenters. The minimum atomic E-state index is -0.278. The first-order valence-electron chi connectivity index (χ1n) is 2.43. The van der Waals surface area contributed by atoms with Gasteiger partial charge in [0.1, 0.15) is 0 Å². The third-order valence-electron chi connectivity index (χ3n) is 1.43. The van der Waals surface area contributed by atoms with Crippen LogP contribution >= 0.6 is 0 Å². The van der Waals surface area contributed by atoms with Crippen LogP contribution in [0.1, 0.15) is 26.2 Å². The summed E-state index contributed by atoms with van der Waals surface area (Å²) in [7, 11) is 0. The van der Waals surface area contributed by atoms with E-state index in [2.05, 4.69) is 0 Å². The molecule has 0 saturated heterocycles. The summed E-state index contributed by atoms with van der Waals surface area (Å²) in [6.07, 6.45) is 3.23. The van der Waals surface area contributed by atoms with Crippen molar-refractivity contribution >= 4 is 18.9 Å². The van der Waals surface area contributed by atoms with Gasteiger partial charge in [-0.1, -0.05) is 0 Å². The monoisotopic (exact) mass is 94.1 g/mol. The first-order valence-corrected chi connectivity index (χ1v) is 2.43. The molecular formula is C5H11LiO. The van der Waals surface area contributed by atoms with E-state index in [9.17, 15) is 0 Å². The zero-order valence-electron chi connectivity index (χ0n) is 4.07. The molecule has 7 heavy (non-hydrogen) atoms. The quantitative estimate of drug-likeness (QED) is 0.427. The third kappa shape index (κ3) is 1.86. The molecule has 1 nitrogen and oxygen atoms in total. The van der Waals surface area contributed by atoms with Crippen LogP contribution in [-0.4, -0.2) is 29.6 Å². The van der Waals surface area contributed by atoms with Crippen molar-refractivity contribution in [1.82, 2.24) is 0 Å². The summed E-state index contributed by atoms with van der Waals surface area (Å²) in [5.74, 6) is 0. The van der Waals surface area contributed by atoms with E-state index in [-0.39, 0.29) is 24.5 Å². The number of rotatable bonds is 0. The van der Waals surface area contributed by atoms with E-state index in [0.29, 0.717) is 0 Å². The molecule has 0 bridgehead atoms. The Morgan fingerprint density at radius 2 is 1.71 bits per heavy atom. The van der Waals surface area contributed by atoms with Crippen molar-refractivity contribution in [1.29, 1.82) is 0 Å². The molecule has 0 spiro atoms. The van der Waals surface area contributed by atoms with Gasteiger partial charge in [0, 0.05) is 0 Å².